The average Bonchev–Trinajstić information content (AvgIpc) is 3.19. The number of amides is 1. The molecule has 1 atom stereocenters. The first-order chi connectivity index (χ1) is 14.5. The normalized spacial score (nSPS) is 16.4. The fraction of sp³-hybridized carbons (Fsp3) is 0.300. The molecular formula is C20H22ClN7OS. The van der Waals surface area contributed by atoms with Crippen molar-refractivity contribution in [2.45, 2.75) is 19.9 Å². The van der Waals surface area contributed by atoms with Crippen LogP contribution >= 0.6 is 22.9 Å². The van der Waals surface area contributed by atoms with Gasteiger partial charge in [0.2, 0.25) is 0 Å². The Bertz CT molecular complexity index is 1040. The second-order valence-corrected chi connectivity index (χ2v) is 8.54. The molecule has 8 nitrogen and oxygen atoms in total. The molecular weight excluding hydrogens is 422 g/mol. The maximum atomic E-state index is 12.6. The van der Waals surface area contributed by atoms with E-state index in [1.807, 2.05) is 19.1 Å². The summed E-state index contributed by atoms with van der Waals surface area (Å²) in [5.74, 6) is 1.14. The van der Waals surface area contributed by atoms with Crippen molar-refractivity contribution in [3.05, 3.63) is 52.3 Å². The fourth-order valence-corrected chi connectivity index (χ4v) is 4.21. The van der Waals surface area contributed by atoms with Gasteiger partial charge in [-0.1, -0.05) is 35.1 Å². The van der Waals surface area contributed by atoms with Crippen LogP contribution in [0.2, 0.25) is 5.02 Å². The van der Waals surface area contributed by atoms with Crippen LogP contribution in [0.5, 0.6) is 0 Å². The molecule has 30 heavy (non-hydrogen) atoms. The Kier molecular flexibility index (Phi) is 6.12. The van der Waals surface area contributed by atoms with Gasteiger partial charge in [0.25, 0.3) is 5.91 Å². The average molecular weight is 444 g/mol. The molecule has 0 bridgehead atoms. The highest BCUT2D eigenvalue weighted by atomic mass is 35.5. The third kappa shape index (κ3) is 4.69. The van der Waals surface area contributed by atoms with Crippen LogP contribution in [0.4, 0.5) is 22.5 Å². The number of anilines is 4. The number of hydrogen-bond acceptors (Lipinski definition) is 8. The van der Waals surface area contributed by atoms with E-state index in [9.17, 15) is 4.79 Å². The van der Waals surface area contributed by atoms with Crippen molar-refractivity contribution >= 4 is 51.3 Å². The number of benzene rings is 1. The molecule has 1 aliphatic rings. The second kappa shape index (κ2) is 8.95. The summed E-state index contributed by atoms with van der Waals surface area (Å²) < 4.78 is 0. The zero-order valence-electron chi connectivity index (χ0n) is 16.6. The van der Waals surface area contributed by atoms with E-state index in [4.69, 9.17) is 11.6 Å². The Morgan fingerprint density at radius 3 is 3.00 bits per heavy atom. The van der Waals surface area contributed by atoms with Gasteiger partial charge in [-0.15, -0.1) is 0 Å². The zero-order chi connectivity index (χ0) is 21.1. The first-order valence-electron chi connectivity index (χ1n) is 9.59. The van der Waals surface area contributed by atoms with Gasteiger partial charge in [0.1, 0.15) is 10.7 Å². The quantitative estimate of drug-likeness (QED) is 0.553. The number of carbonyl (C=O) groups is 1. The number of aryl methyl sites for hydroxylation is 1. The van der Waals surface area contributed by atoms with Crippen LogP contribution in [0.15, 0.2) is 36.8 Å². The molecule has 3 N–H and O–H groups in total. The molecule has 1 fully saturated rings. The number of nitrogens with zero attached hydrogens (tertiary/aromatic N) is 4. The van der Waals surface area contributed by atoms with Crippen LogP contribution in [0.3, 0.4) is 0 Å². The minimum Gasteiger partial charge on any atom is -0.352 e. The van der Waals surface area contributed by atoms with E-state index in [1.165, 1.54) is 17.5 Å². The molecule has 1 saturated heterocycles. The lowest BCUT2D eigenvalue weighted by molar-refractivity contribution is 0.103. The van der Waals surface area contributed by atoms with E-state index < -0.39 is 0 Å². The number of piperazine rings is 1. The van der Waals surface area contributed by atoms with Gasteiger partial charge in [0.15, 0.2) is 10.9 Å². The van der Waals surface area contributed by atoms with Crippen molar-refractivity contribution in [3.63, 3.8) is 0 Å². The van der Waals surface area contributed by atoms with Gasteiger partial charge in [-0.3, -0.25) is 9.78 Å². The van der Waals surface area contributed by atoms with Gasteiger partial charge >= 0.3 is 0 Å². The summed E-state index contributed by atoms with van der Waals surface area (Å²) in [4.78, 5) is 28.5. The molecule has 3 aromatic rings. The Labute approximate surface area is 183 Å². The van der Waals surface area contributed by atoms with Crippen molar-refractivity contribution in [1.82, 2.24) is 20.3 Å². The molecule has 156 valence electrons. The molecule has 0 aliphatic carbocycles. The minimum atomic E-state index is -0.258. The molecule has 0 unspecified atom stereocenters. The van der Waals surface area contributed by atoms with E-state index in [0.29, 0.717) is 32.6 Å². The molecule has 1 amide bonds. The van der Waals surface area contributed by atoms with E-state index in [0.717, 1.165) is 31.0 Å². The molecule has 10 heteroatoms. The highest BCUT2D eigenvalue weighted by Gasteiger charge is 2.18. The van der Waals surface area contributed by atoms with E-state index in [1.54, 1.807) is 18.5 Å². The van der Waals surface area contributed by atoms with Crippen LogP contribution in [0.25, 0.3) is 0 Å². The Balaban J connectivity index is 1.44. The van der Waals surface area contributed by atoms with Crippen LogP contribution in [-0.2, 0) is 0 Å². The van der Waals surface area contributed by atoms with Crippen molar-refractivity contribution in [1.29, 1.82) is 0 Å². The van der Waals surface area contributed by atoms with Gasteiger partial charge in [-0.05, 0) is 25.5 Å². The molecule has 0 radical (unpaired) electrons. The lowest BCUT2D eigenvalue weighted by atomic mass is 10.2. The molecule has 1 aromatic carbocycles. The SMILES string of the molecule is Cc1cccc(Cl)c1NC(=O)c1cnc(Nc2cncc(N3CCN[C@@H](C)C3)n2)s1. The lowest BCUT2D eigenvalue weighted by Crippen LogP contribution is -2.49. The predicted molar refractivity (Wildman–Crippen MR) is 121 cm³/mol. The molecule has 4 rings (SSSR count). The van der Waals surface area contributed by atoms with Crippen molar-refractivity contribution in [2.24, 2.45) is 0 Å². The largest absolute Gasteiger partial charge is 0.352 e. The fourth-order valence-electron chi connectivity index (χ4n) is 3.22. The van der Waals surface area contributed by atoms with Gasteiger partial charge in [0, 0.05) is 25.7 Å². The molecule has 1 aliphatic heterocycles. The summed E-state index contributed by atoms with van der Waals surface area (Å²) in [6.45, 7) is 6.71. The number of carbonyl (C=O) groups excluding carboxylic acids is 1. The maximum Gasteiger partial charge on any atom is 0.267 e. The summed E-state index contributed by atoms with van der Waals surface area (Å²) in [6, 6.07) is 5.89. The first-order valence-corrected chi connectivity index (χ1v) is 10.8. The minimum absolute atomic E-state index is 0.258. The number of rotatable bonds is 5. The van der Waals surface area contributed by atoms with Crippen LogP contribution in [0.1, 0.15) is 22.2 Å². The van der Waals surface area contributed by atoms with E-state index >= 15 is 0 Å². The van der Waals surface area contributed by atoms with Crippen LogP contribution in [-0.4, -0.2) is 46.5 Å². The van der Waals surface area contributed by atoms with Gasteiger partial charge < -0.3 is 20.9 Å². The Morgan fingerprint density at radius 1 is 1.33 bits per heavy atom. The second-order valence-electron chi connectivity index (χ2n) is 7.10. The summed E-state index contributed by atoms with van der Waals surface area (Å²) in [5.41, 5.74) is 1.50. The van der Waals surface area contributed by atoms with Gasteiger partial charge in [-0.2, -0.15) is 0 Å². The summed E-state index contributed by atoms with van der Waals surface area (Å²) in [7, 11) is 0. The Morgan fingerprint density at radius 2 is 2.20 bits per heavy atom. The number of aromatic nitrogens is 3. The topological polar surface area (TPSA) is 95.1 Å². The van der Waals surface area contributed by atoms with Crippen molar-refractivity contribution in [3.8, 4) is 0 Å². The third-order valence-electron chi connectivity index (χ3n) is 4.74. The highest BCUT2D eigenvalue weighted by molar-refractivity contribution is 7.17. The van der Waals surface area contributed by atoms with E-state index in [-0.39, 0.29) is 5.91 Å². The predicted octanol–water partition coefficient (Wildman–Crippen LogP) is 3.69. The van der Waals surface area contributed by atoms with Crippen molar-refractivity contribution < 1.29 is 4.79 Å². The van der Waals surface area contributed by atoms with Gasteiger partial charge in [0.05, 0.1) is 29.3 Å². The number of halogens is 1. The molecule has 0 spiro atoms. The summed E-state index contributed by atoms with van der Waals surface area (Å²) >= 11 is 7.44. The number of para-hydroxylation sites is 1. The third-order valence-corrected chi connectivity index (χ3v) is 5.97. The smallest absolute Gasteiger partial charge is 0.267 e. The van der Waals surface area contributed by atoms with Crippen molar-refractivity contribution in [2.75, 3.05) is 35.2 Å². The van der Waals surface area contributed by atoms with Crippen LogP contribution in [0, 0.1) is 6.92 Å². The number of nitrogens with one attached hydrogen (secondary N) is 3. The maximum absolute atomic E-state index is 12.6. The highest BCUT2D eigenvalue weighted by Crippen LogP contribution is 2.28. The lowest BCUT2D eigenvalue weighted by Gasteiger charge is -2.32. The number of thiazole rings is 1. The Hall–Kier alpha value is -2.75. The zero-order valence-corrected chi connectivity index (χ0v) is 18.2. The summed E-state index contributed by atoms with van der Waals surface area (Å²) in [6.07, 6.45) is 4.93. The molecule has 3 heterocycles. The monoisotopic (exact) mass is 443 g/mol. The standard InChI is InChI=1S/C20H22ClN7OS/c1-12-4-3-5-14(21)18(12)27-19(29)15-8-24-20(30-15)26-16-9-22-10-17(25-16)28-7-6-23-13(2)11-28/h3-5,8-10,13,23H,6-7,11H2,1-2H3,(H,27,29)(H,24,25,26)/t13-/m0/s1. The summed E-state index contributed by atoms with van der Waals surface area (Å²) in [5, 5.41) is 10.5. The molecule has 0 saturated carbocycles. The van der Waals surface area contributed by atoms with Gasteiger partial charge in [-0.25, -0.2) is 9.97 Å². The number of hydrogen-bond donors (Lipinski definition) is 3. The first kappa shape index (κ1) is 20.5. The molecule has 2 aromatic heterocycles. The van der Waals surface area contributed by atoms with E-state index in [2.05, 4.69) is 42.7 Å². The van der Waals surface area contributed by atoms with Crippen LogP contribution < -0.4 is 20.9 Å².